The number of aryl methyl sites for hydroxylation is 1. The molecule has 82 valence electrons. The van der Waals surface area contributed by atoms with E-state index in [0.717, 1.165) is 10.4 Å². The first-order valence-corrected chi connectivity index (χ1v) is 5.89. The van der Waals surface area contributed by atoms with Gasteiger partial charge in [-0.25, -0.2) is 4.98 Å². The van der Waals surface area contributed by atoms with Gasteiger partial charge in [0, 0.05) is 12.7 Å². The highest BCUT2D eigenvalue weighted by atomic mass is 79.9. The maximum Gasteiger partial charge on any atom is 0.134 e. The monoisotopic (exact) mass is 276 g/mol. The Bertz CT molecular complexity index is 497. The van der Waals surface area contributed by atoms with E-state index in [1.54, 1.807) is 0 Å². The van der Waals surface area contributed by atoms with Crippen LogP contribution in [-0.2, 0) is 0 Å². The third-order valence-electron chi connectivity index (χ3n) is 2.52. The molecule has 0 aliphatic carbocycles. The molecule has 0 atom stereocenters. The molecule has 0 saturated carbocycles. The quantitative estimate of drug-likeness (QED) is 0.773. The normalized spacial score (nSPS) is 10.2. The summed E-state index contributed by atoms with van der Waals surface area (Å²) in [5, 5.41) is 0. The predicted molar refractivity (Wildman–Crippen MR) is 71.2 cm³/mol. The van der Waals surface area contributed by atoms with Gasteiger partial charge in [0.2, 0.25) is 0 Å². The van der Waals surface area contributed by atoms with Crippen LogP contribution < -0.4 is 4.90 Å². The van der Waals surface area contributed by atoms with Gasteiger partial charge in [0.15, 0.2) is 0 Å². The van der Waals surface area contributed by atoms with Crippen LogP contribution in [0.4, 0.5) is 11.5 Å². The predicted octanol–water partition coefficient (Wildman–Crippen LogP) is 3.92. The third kappa shape index (κ3) is 2.25. The maximum atomic E-state index is 4.43. The lowest BCUT2D eigenvalue weighted by atomic mass is 10.2. The number of nitrogens with zero attached hydrogens (tertiary/aromatic N) is 2. The average Bonchev–Trinajstić information content (AvgIpc) is 2.29. The van der Waals surface area contributed by atoms with E-state index in [-0.39, 0.29) is 0 Å². The molecule has 0 N–H and O–H groups in total. The minimum absolute atomic E-state index is 0.852. The fourth-order valence-corrected chi connectivity index (χ4v) is 1.98. The highest BCUT2D eigenvalue weighted by Crippen LogP contribution is 2.25. The smallest absolute Gasteiger partial charge is 0.134 e. The zero-order valence-corrected chi connectivity index (χ0v) is 10.9. The van der Waals surface area contributed by atoms with Crippen molar-refractivity contribution in [1.29, 1.82) is 0 Å². The molecule has 0 spiro atoms. The van der Waals surface area contributed by atoms with Gasteiger partial charge in [0.1, 0.15) is 10.4 Å². The van der Waals surface area contributed by atoms with E-state index in [1.165, 1.54) is 11.3 Å². The SMILES string of the molecule is Cc1ccccc1N(C)c1cccc(Br)n1. The molecule has 3 heteroatoms. The van der Waals surface area contributed by atoms with Crippen LogP contribution in [0.25, 0.3) is 0 Å². The van der Waals surface area contributed by atoms with Crippen molar-refractivity contribution in [3.63, 3.8) is 0 Å². The number of hydrogen-bond acceptors (Lipinski definition) is 2. The molecule has 0 unspecified atom stereocenters. The Morgan fingerprint density at radius 2 is 1.81 bits per heavy atom. The van der Waals surface area contributed by atoms with Gasteiger partial charge < -0.3 is 4.90 Å². The molecule has 0 radical (unpaired) electrons. The lowest BCUT2D eigenvalue weighted by molar-refractivity contribution is 1.10. The molecular weight excluding hydrogens is 264 g/mol. The van der Waals surface area contributed by atoms with Crippen LogP contribution in [-0.4, -0.2) is 12.0 Å². The van der Waals surface area contributed by atoms with Crippen molar-refractivity contribution in [1.82, 2.24) is 4.98 Å². The van der Waals surface area contributed by atoms with Gasteiger partial charge in [-0.3, -0.25) is 0 Å². The van der Waals surface area contributed by atoms with Crippen molar-refractivity contribution < 1.29 is 0 Å². The summed E-state index contributed by atoms with van der Waals surface area (Å²) in [5.74, 6) is 0.934. The molecule has 0 bridgehead atoms. The van der Waals surface area contributed by atoms with E-state index in [1.807, 2.05) is 37.4 Å². The summed E-state index contributed by atoms with van der Waals surface area (Å²) in [5.41, 5.74) is 2.42. The highest BCUT2D eigenvalue weighted by Gasteiger charge is 2.07. The second-order valence-electron chi connectivity index (χ2n) is 3.66. The van der Waals surface area contributed by atoms with Crippen LogP contribution in [0.15, 0.2) is 47.1 Å². The number of hydrogen-bond donors (Lipinski definition) is 0. The topological polar surface area (TPSA) is 16.1 Å². The molecule has 1 heterocycles. The molecule has 0 saturated heterocycles. The highest BCUT2D eigenvalue weighted by molar-refractivity contribution is 9.10. The minimum Gasteiger partial charge on any atom is -0.329 e. The Hall–Kier alpha value is -1.35. The molecule has 1 aromatic heterocycles. The van der Waals surface area contributed by atoms with Crippen LogP contribution in [0.2, 0.25) is 0 Å². The summed E-state index contributed by atoms with van der Waals surface area (Å²) in [6.45, 7) is 2.10. The van der Waals surface area contributed by atoms with E-state index in [2.05, 4.69) is 44.9 Å². The van der Waals surface area contributed by atoms with Crippen molar-refractivity contribution in [3.05, 3.63) is 52.6 Å². The third-order valence-corrected chi connectivity index (χ3v) is 2.96. The summed E-state index contributed by atoms with van der Waals surface area (Å²) in [4.78, 5) is 6.52. The largest absolute Gasteiger partial charge is 0.329 e. The summed E-state index contributed by atoms with van der Waals surface area (Å²) < 4.78 is 0.852. The first-order valence-electron chi connectivity index (χ1n) is 5.10. The van der Waals surface area contributed by atoms with Gasteiger partial charge in [0.05, 0.1) is 0 Å². The van der Waals surface area contributed by atoms with E-state index in [9.17, 15) is 0 Å². The number of aromatic nitrogens is 1. The van der Waals surface area contributed by atoms with Gasteiger partial charge in [0.25, 0.3) is 0 Å². The fourth-order valence-electron chi connectivity index (χ4n) is 1.65. The Kier molecular flexibility index (Phi) is 3.25. The van der Waals surface area contributed by atoms with Crippen LogP contribution in [0.1, 0.15) is 5.56 Å². The van der Waals surface area contributed by atoms with Crippen molar-refractivity contribution in [2.45, 2.75) is 6.92 Å². The Morgan fingerprint density at radius 3 is 2.50 bits per heavy atom. The van der Waals surface area contributed by atoms with Crippen molar-refractivity contribution in [2.24, 2.45) is 0 Å². The van der Waals surface area contributed by atoms with E-state index in [0.29, 0.717) is 0 Å². The number of pyridine rings is 1. The number of benzene rings is 1. The molecule has 2 aromatic rings. The fraction of sp³-hybridized carbons (Fsp3) is 0.154. The number of rotatable bonds is 2. The van der Waals surface area contributed by atoms with Gasteiger partial charge >= 0.3 is 0 Å². The van der Waals surface area contributed by atoms with Gasteiger partial charge in [-0.15, -0.1) is 0 Å². The molecule has 0 aliphatic heterocycles. The lowest BCUT2D eigenvalue weighted by Gasteiger charge is -2.20. The zero-order valence-electron chi connectivity index (χ0n) is 9.31. The van der Waals surface area contributed by atoms with Crippen LogP contribution in [0.5, 0.6) is 0 Å². The van der Waals surface area contributed by atoms with E-state index >= 15 is 0 Å². The Labute approximate surface area is 104 Å². The van der Waals surface area contributed by atoms with Crippen LogP contribution >= 0.6 is 15.9 Å². The van der Waals surface area contributed by atoms with Crippen molar-refractivity contribution >= 4 is 27.4 Å². The molecule has 2 rings (SSSR count). The molecule has 2 nitrogen and oxygen atoms in total. The standard InChI is InChI=1S/C13H13BrN2/c1-10-6-3-4-7-11(10)16(2)13-9-5-8-12(14)15-13/h3-9H,1-2H3. The first kappa shape index (κ1) is 11.1. The molecular formula is C13H13BrN2. The van der Waals surface area contributed by atoms with Crippen LogP contribution in [0.3, 0.4) is 0 Å². The van der Waals surface area contributed by atoms with Crippen molar-refractivity contribution in [2.75, 3.05) is 11.9 Å². The zero-order chi connectivity index (χ0) is 11.5. The second-order valence-corrected chi connectivity index (χ2v) is 4.48. The molecule has 1 aromatic carbocycles. The molecule has 0 aliphatic rings. The molecule has 16 heavy (non-hydrogen) atoms. The Morgan fingerprint density at radius 1 is 1.06 bits per heavy atom. The van der Waals surface area contributed by atoms with E-state index < -0.39 is 0 Å². The molecule has 0 amide bonds. The average molecular weight is 277 g/mol. The van der Waals surface area contributed by atoms with Gasteiger partial charge in [-0.1, -0.05) is 24.3 Å². The first-order chi connectivity index (χ1) is 7.68. The van der Waals surface area contributed by atoms with Crippen LogP contribution in [0, 0.1) is 6.92 Å². The molecule has 0 fully saturated rings. The Balaban J connectivity index is 2.39. The van der Waals surface area contributed by atoms with Gasteiger partial charge in [-0.2, -0.15) is 0 Å². The summed E-state index contributed by atoms with van der Waals surface area (Å²) >= 11 is 3.38. The van der Waals surface area contributed by atoms with Gasteiger partial charge in [-0.05, 0) is 46.6 Å². The lowest BCUT2D eigenvalue weighted by Crippen LogP contribution is -2.12. The van der Waals surface area contributed by atoms with Crippen molar-refractivity contribution in [3.8, 4) is 0 Å². The second kappa shape index (κ2) is 4.66. The van der Waals surface area contributed by atoms with E-state index in [4.69, 9.17) is 0 Å². The number of halogens is 1. The number of para-hydroxylation sites is 1. The summed E-state index contributed by atoms with van der Waals surface area (Å²) in [6, 6.07) is 14.2. The summed E-state index contributed by atoms with van der Waals surface area (Å²) in [6.07, 6.45) is 0. The minimum atomic E-state index is 0.852. The number of anilines is 2. The maximum absolute atomic E-state index is 4.43. The summed E-state index contributed by atoms with van der Waals surface area (Å²) in [7, 11) is 2.02.